The second-order valence-electron chi connectivity index (χ2n) is 7.40. The van der Waals surface area contributed by atoms with Crippen LogP contribution in [0, 0.1) is 5.41 Å². The summed E-state index contributed by atoms with van der Waals surface area (Å²) >= 11 is 0. The highest BCUT2D eigenvalue weighted by Crippen LogP contribution is 2.41. The molecule has 1 atom stereocenters. The highest BCUT2D eigenvalue weighted by molar-refractivity contribution is 5.85. The summed E-state index contributed by atoms with van der Waals surface area (Å²) in [6, 6.07) is 2.30. The Morgan fingerprint density at radius 2 is 2.16 bits per heavy atom. The van der Waals surface area contributed by atoms with Crippen LogP contribution in [0.3, 0.4) is 0 Å². The molecule has 7 heteroatoms. The minimum atomic E-state index is -0.261. The maximum atomic E-state index is 13.0. The van der Waals surface area contributed by atoms with Crippen molar-refractivity contribution in [3.63, 3.8) is 0 Å². The Morgan fingerprint density at radius 1 is 1.32 bits per heavy atom. The van der Waals surface area contributed by atoms with Crippen molar-refractivity contribution in [1.29, 1.82) is 0 Å². The number of carbonyl (C=O) groups is 1. The van der Waals surface area contributed by atoms with Gasteiger partial charge in [0.05, 0.1) is 12.0 Å². The van der Waals surface area contributed by atoms with Crippen LogP contribution in [-0.4, -0.2) is 66.7 Å². The van der Waals surface area contributed by atoms with Crippen molar-refractivity contribution in [3.05, 3.63) is 12.4 Å². The number of aromatic nitrogens is 2. The Balaban J connectivity index is 1.71. The molecular weight excluding hydrogens is 318 g/mol. The normalized spacial score (nSPS) is 23.8. The molecule has 138 valence electrons. The average Bonchev–Trinajstić information content (AvgIpc) is 3.01. The van der Waals surface area contributed by atoms with Gasteiger partial charge in [0.15, 0.2) is 0 Å². The number of likely N-dealkylation sites (tertiary alicyclic amines) is 1. The summed E-state index contributed by atoms with van der Waals surface area (Å²) in [6.07, 6.45) is 4.52. The zero-order valence-electron chi connectivity index (χ0n) is 15.5. The van der Waals surface area contributed by atoms with Gasteiger partial charge in [0.2, 0.25) is 5.91 Å². The quantitative estimate of drug-likeness (QED) is 0.846. The van der Waals surface area contributed by atoms with E-state index in [1.807, 2.05) is 11.0 Å². The zero-order chi connectivity index (χ0) is 17.9. The lowest BCUT2D eigenvalue weighted by Crippen LogP contribution is -2.51. The number of piperidine rings is 1. The molecule has 1 unspecified atom stereocenters. The number of ether oxygens (including phenoxy) is 1. The monoisotopic (exact) mass is 347 g/mol. The van der Waals surface area contributed by atoms with E-state index >= 15 is 0 Å². The molecule has 25 heavy (non-hydrogen) atoms. The maximum Gasteiger partial charge on any atom is 0.230 e. The molecule has 0 saturated carbocycles. The van der Waals surface area contributed by atoms with Gasteiger partial charge in [-0.2, -0.15) is 0 Å². The first-order valence-electron chi connectivity index (χ1n) is 9.16. The van der Waals surface area contributed by atoms with Crippen molar-refractivity contribution in [2.75, 3.05) is 50.1 Å². The molecule has 2 aliphatic rings. The molecule has 1 amide bonds. The number of hydrogen-bond donors (Lipinski definition) is 1. The van der Waals surface area contributed by atoms with Gasteiger partial charge in [-0.05, 0) is 33.1 Å². The summed E-state index contributed by atoms with van der Waals surface area (Å²) in [7, 11) is 1.68. The topological polar surface area (TPSA) is 70.6 Å². The Morgan fingerprint density at radius 3 is 2.92 bits per heavy atom. The number of carbonyl (C=O) groups excluding carboxylic acids is 1. The molecular formula is C18H29N5O2. The molecule has 1 aromatic heterocycles. The van der Waals surface area contributed by atoms with Crippen LogP contribution >= 0.6 is 0 Å². The largest absolute Gasteiger partial charge is 0.383 e. The second-order valence-corrected chi connectivity index (χ2v) is 7.40. The predicted octanol–water partition coefficient (Wildman–Crippen LogP) is 1.76. The summed E-state index contributed by atoms with van der Waals surface area (Å²) in [6.45, 7) is 7.91. The first kappa shape index (κ1) is 17.9. The van der Waals surface area contributed by atoms with Crippen LogP contribution in [0.2, 0.25) is 0 Å². The highest BCUT2D eigenvalue weighted by Gasteiger charge is 2.48. The maximum absolute atomic E-state index is 13.0. The predicted molar refractivity (Wildman–Crippen MR) is 97.7 cm³/mol. The van der Waals surface area contributed by atoms with E-state index in [1.54, 1.807) is 13.4 Å². The van der Waals surface area contributed by atoms with Crippen LogP contribution in [0.15, 0.2) is 12.4 Å². The molecule has 1 spiro atoms. The van der Waals surface area contributed by atoms with E-state index in [2.05, 4.69) is 34.0 Å². The first-order chi connectivity index (χ1) is 12.0. The number of hydrogen-bond acceptors (Lipinski definition) is 6. The van der Waals surface area contributed by atoms with E-state index in [-0.39, 0.29) is 11.3 Å². The van der Waals surface area contributed by atoms with Gasteiger partial charge in [-0.25, -0.2) is 9.97 Å². The van der Waals surface area contributed by atoms with E-state index in [9.17, 15) is 4.79 Å². The van der Waals surface area contributed by atoms with Gasteiger partial charge < -0.3 is 19.9 Å². The van der Waals surface area contributed by atoms with Crippen LogP contribution in [0.1, 0.15) is 33.1 Å². The van der Waals surface area contributed by atoms with Gasteiger partial charge in [0.25, 0.3) is 0 Å². The van der Waals surface area contributed by atoms with Gasteiger partial charge in [-0.3, -0.25) is 4.79 Å². The lowest BCUT2D eigenvalue weighted by atomic mass is 9.78. The van der Waals surface area contributed by atoms with Crippen LogP contribution in [0.25, 0.3) is 0 Å². The Kier molecular flexibility index (Phi) is 5.42. The van der Waals surface area contributed by atoms with Crippen LogP contribution in [0.5, 0.6) is 0 Å². The van der Waals surface area contributed by atoms with E-state index < -0.39 is 0 Å². The summed E-state index contributed by atoms with van der Waals surface area (Å²) in [5.74, 6) is 2.02. The van der Waals surface area contributed by atoms with Crippen molar-refractivity contribution in [3.8, 4) is 0 Å². The molecule has 0 aromatic carbocycles. The molecule has 0 bridgehead atoms. The molecule has 7 nitrogen and oxygen atoms in total. The summed E-state index contributed by atoms with van der Waals surface area (Å²) in [5, 5.41) is 3.31. The second kappa shape index (κ2) is 7.56. The van der Waals surface area contributed by atoms with Gasteiger partial charge in [0, 0.05) is 45.4 Å². The van der Waals surface area contributed by atoms with Crippen molar-refractivity contribution in [2.45, 2.75) is 39.2 Å². The lowest BCUT2D eigenvalue weighted by molar-refractivity contribution is -0.145. The lowest BCUT2D eigenvalue weighted by Gasteiger charge is -2.39. The summed E-state index contributed by atoms with van der Waals surface area (Å²) in [4.78, 5) is 26.0. The summed E-state index contributed by atoms with van der Waals surface area (Å²) in [5.41, 5.74) is -0.261. The fraction of sp³-hybridized carbons (Fsp3) is 0.722. The zero-order valence-corrected chi connectivity index (χ0v) is 15.5. The minimum Gasteiger partial charge on any atom is -0.383 e. The van der Waals surface area contributed by atoms with Crippen LogP contribution in [-0.2, 0) is 9.53 Å². The van der Waals surface area contributed by atoms with Crippen molar-refractivity contribution in [2.24, 2.45) is 5.41 Å². The molecule has 3 heterocycles. The van der Waals surface area contributed by atoms with Crippen LogP contribution < -0.4 is 10.2 Å². The molecule has 2 saturated heterocycles. The number of amides is 1. The van der Waals surface area contributed by atoms with Gasteiger partial charge >= 0.3 is 0 Å². The number of methoxy groups -OCH3 is 1. The molecule has 0 aliphatic carbocycles. The Hall–Kier alpha value is -1.89. The average molecular weight is 347 g/mol. The van der Waals surface area contributed by atoms with E-state index in [1.165, 1.54) is 0 Å². The van der Waals surface area contributed by atoms with E-state index in [4.69, 9.17) is 4.74 Å². The minimum absolute atomic E-state index is 0.261. The first-order valence-corrected chi connectivity index (χ1v) is 9.16. The molecule has 1 N–H and O–H groups in total. The third-order valence-corrected chi connectivity index (χ3v) is 5.16. The third kappa shape index (κ3) is 3.86. The molecule has 0 radical (unpaired) electrons. The number of rotatable bonds is 6. The van der Waals surface area contributed by atoms with Crippen LogP contribution in [0.4, 0.5) is 11.6 Å². The molecule has 3 rings (SSSR count). The van der Waals surface area contributed by atoms with Gasteiger partial charge in [-0.1, -0.05) is 0 Å². The number of nitrogens with one attached hydrogen (secondary N) is 1. The standard InChI is InChI=1S/C18H29N5O2/c1-14(2)21-15-11-16(20-13-19-15)23-8-6-18(12-23)5-4-7-22(17(18)24)9-10-25-3/h11,13-14H,4-10,12H2,1-3H3,(H,19,20,21). The SMILES string of the molecule is COCCN1CCCC2(CCN(c3cc(NC(C)C)ncn3)C2)C1=O. The smallest absolute Gasteiger partial charge is 0.230 e. The van der Waals surface area contributed by atoms with Gasteiger partial charge in [-0.15, -0.1) is 0 Å². The van der Waals surface area contributed by atoms with Crippen molar-refractivity contribution >= 4 is 17.5 Å². The summed E-state index contributed by atoms with van der Waals surface area (Å²) < 4.78 is 5.15. The Labute approximate surface area is 149 Å². The Bertz CT molecular complexity index is 609. The van der Waals surface area contributed by atoms with E-state index in [0.29, 0.717) is 19.2 Å². The number of anilines is 2. The van der Waals surface area contributed by atoms with E-state index in [0.717, 1.165) is 50.5 Å². The number of nitrogens with zero attached hydrogens (tertiary/aromatic N) is 4. The fourth-order valence-corrected chi connectivity index (χ4v) is 3.91. The highest BCUT2D eigenvalue weighted by atomic mass is 16.5. The molecule has 2 fully saturated rings. The molecule has 2 aliphatic heterocycles. The van der Waals surface area contributed by atoms with Gasteiger partial charge in [0.1, 0.15) is 18.0 Å². The molecule has 1 aromatic rings. The van der Waals surface area contributed by atoms with Crippen molar-refractivity contribution in [1.82, 2.24) is 14.9 Å². The van der Waals surface area contributed by atoms with Crippen molar-refractivity contribution < 1.29 is 9.53 Å². The fourth-order valence-electron chi connectivity index (χ4n) is 3.91. The third-order valence-electron chi connectivity index (χ3n) is 5.16.